The Balaban J connectivity index is 2.04. The van der Waals surface area contributed by atoms with Crippen molar-refractivity contribution in [1.29, 1.82) is 0 Å². The lowest BCUT2D eigenvalue weighted by Crippen LogP contribution is -2.30. The second kappa shape index (κ2) is 9.25. The van der Waals surface area contributed by atoms with Crippen LogP contribution in [0.2, 0.25) is 0 Å². The molecule has 0 spiro atoms. The van der Waals surface area contributed by atoms with E-state index in [-0.39, 0.29) is 0 Å². The van der Waals surface area contributed by atoms with Gasteiger partial charge < -0.3 is 5.32 Å². The monoisotopic (exact) mass is 287 g/mol. The van der Waals surface area contributed by atoms with Gasteiger partial charge in [-0.15, -0.1) is 0 Å². The molecule has 0 amide bonds. The predicted molar refractivity (Wildman–Crippen MR) is 92.7 cm³/mol. The normalized spacial score (nSPS) is 17.8. The molecular weight excluding hydrogens is 254 g/mol. The second-order valence-electron chi connectivity index (χ2n) is 6.68. The van der Waals surface area contributed by atoms with E-state index in [0.717, 1.165) is 12.5 Å². The van der Waals surface area contributed by atoms with E-state index in [1.807, 2.05) is 0 Å². The smallest absolute Gasteiger partial charge is 0.0348 e. The minimum Gasteiger partial charge on any atom is -0.310 e. The summed E-state index contributed by atoms with van der Waals surface area (Å²) in [5.74, 6) is 0.840. The van der Waals surface area contributed by atoms with Gasteiger partial charge in [0, 0.05) is 6.04 Å². The summed E-state index contributed by atoms with van der Waals surface area (Å²) in [6.45, 7) is 5.67. The van der Waals surface area contributed by atoms with Crippen molar-refractivity contribution >= 4 is 0 Å². The topological polar surface area (TPSA) is 12.0 Å². The largest absolute Gasteiger partial charge is 0.310 e. The van der Waals surface area contributed by atoms with Gasteiger partial charge in [0.1, 0.15) is 0 Å². The summed E-state index contributed by atoms with van der Waals surface area (Å²) in [5.41, 5.74) is 3.01. The highest BCUT2D eigenvalue weighted by molar-refractivity contribution is 5.26. The van der Waals surface area contributed by atoms with E-state index in [2.05, 4.69) is 43.4 Å². The summed E-state index contributed by atoms with van der Waals surface area (Å²) in [7, 11) is 0. The summed E-state index contributed by atoms with van der Waals surface area (Å²) in [4.78, 5) is 0. The maximum atomic E-state index is 3.82. The average molecular weight is 287 g/mol. The highest BCUT2D eigenvalue weighted by Gasteiger charge is 2.24. The Hall–Kier alpha value is -0.820. The summed E-state index contributed by atoms with van der Waals surface area (Å²) in [6.07, 6.45) is 12.1. The first kappa shape index (κ1) is 16.5. The fraction of sp³-hybridized carbons (Fsp3) is 0.700. The first-order chi connectivity index (χ1) is 10.3. The summed E-state index contributed by atoms with van der Waals surface area (Å²) in [6, 6.07) is 10.0. The van der Waals surface area contributed by atoms with Crippen molar-refractivity contribution < 1.29 is 0 Å². The van der Waals surface area contributed by atoms with Gasteiger partial charge in [-0.2, -0.15) is 0 Å². The standard InChI is InChI=1S/C20H33N/c1-3-5-9-17-12-14-19(15-13-17)20(21-16-4-2)18-10-7-6-8-11-18/h12-15,18,20-21H,3-11,16H2,1-2H3. The van der Waals surface area contributed by atoms with Crippen LogP contribution in [0.3, 0.4) is 0 Å². The lowest BCUT2D eigenvalue weighted by molar-refractivity contribution is 0.272. The Labute approximate surface area is 131 Å². The molecule has 21 heavy (non-hydrogen) atoms. The molecule has 1 atom stereocenters. The molecule has 1 aromatic carbocycles. The molecule has 0 bridgehead atoms. The van der Waals surface area contributed by atoms with Crippen LogP contribution >= 0.6 is 0 Å². The fourth-order valence-corrected chi connectivity index (χ4v) is 3.60. The van der Waals surface area contributed by atoms with Gasteiger partial charge in [-0.25, -0.2) is 0 Å². The zero-order chi connectivity index (χ0) is 14.9. The van der Waals surface area contributed by atoms with E-state index in [0.29, 0.717) is 6.04 Å². The van der Waals surface area contributed by atoms with E-state index < -0.39 is 0 Å². The molecule has 1 aliphatic carbocycles. The quantitative estimate of drug-likeness (QED) is 0.651. The number of nitrogens with one attached hydrogen (secondary N) is 1. The molecule has 0 radical (unpaired) electrons. The summed E-state index contributed by atoms with van der Waals surface area (Å²) >= 11 is 0. The van der Waals surface area contributed by atoms with Crippen LogP contribution in [0.25, 0.3) is 0 Å². The molecule has 1 heteroatoms. The molecule has 0 aliphatic heterocycles. The van der Waals surface area contributed by atoms with E-state index >= 15 is 0 Å². The molecule has 1 saturated carbocycles. The van der Waals surface area contributed by atoms with Crippen LogP contribution in [0.4, 0.5) is 0 Å². The van der Waals surface area contributed by atoms with Crippen LogP contribution in [-0.4, -0.2) is 6.54 Å². The molecule has 2 rings (SSSR count). The Morgan fingerprint density at radius 2 is 1.71 bits per heavy atom. The van der Waals surface area contributed by atoms with Gasteiger partial charge >= 0.3 is 0 Å². The van der Waals surface area contributed by atoms with Gasteiger partial charge in [-0.3, -0.25) is 0 Å². The van der Waals surface area contributed by atoms with E-state index in [4.69, 9.17) is 0 Å². The van der Waals surface area contributed by atoms with Gasteiger partial charge in [0.2, 0.25) is 0 Å². The van der Waals surface area contributed by atoms with Gasteiger partial charge in [-0.05, 0) is 55.7 Å². The van der Waals surface area contributed by atoms with Gasteiger partial charge in [0.25, 0.3) is 0 Å². The molecule has 1 N–H and O–H groups in total. The highest BCUT2D eigenvalue weighted by atomic mass is 14.9. The van der Waals surface area contributed by atoms with Crippen molar-refractivity contribution in [2.45, 2.75) is 77.7 Å². The Morgan fingerprint density at radius 1 is 1.00 bits per heavy atom. The number of rotatable bonds is 8. The molecule has 1 unspecified atom stereocenters. The summed E-state index contributed by atoms with van der Waals surface area (Å²) in [5, 5.41) is 3.82. The first-order valence-corrected chi connectivity index (χ1v) is 9.17. The van der Waals surface area contributed by atoms with Gasteiger partial charge in [0.15, 0.2) is 0 Å². The van der Waals surface area contributed by atoms with Crippen LogP contribution in [0.5, 0.6) is 0 Å². The van der Waals surface area contributed by atoms with Crippen LogP contribution in [-0.2, 0) is 6.42 Å². The van der Waals surface area contributed by atoms with E-state index in [1.165, 1.54) is 68.9 Å². The number of benzene rings is 1. The third kappa shape index (κ3) is 5.14. The van der Waals surface area contributed by atoms with E-state index in [1.54, 1.807) is 0 Å². The fourth-order valence-electron chi connectivity index (χ4n) is 3.60. The number of hydrogen-bond donors (Lipinski definition) is 1. The molecular formula is C20H33N. The third-order valence-corrected chi connectivity index (χ3v) is 4.89. The first-order valence-electron chi connectivity index (χ1n) is 9.17. The van der Waals surface area contributed by atoms with Crippen LogP contribution in [0, 0.1) is 5.92 Å². The predicted octanol–water partition coefficient (Wildman–Crippen LogP) is 5.65. The molecule has 1 nitrogen and oxygen atoms in total. The van der Waals surface area contributed by atoms with Crippen LogP contribution < -0.4 is 5.32 Å². The second-order valence-corrected chi connectivity index (χ2v) is 6.68. The third-order valence-electron chi connectivity index (χ3n) is 4.89. The molecule has 0 saturated heterocycles. The minimum atomic E-state index is 0.575. The van der Waals surface area contributed by atoms with Crippen LogP contribution in [0.1, 0.15) is 82.4 Å². The Kier molecular flexibility index (Phi) is 7.29. The van der Waals surface area contributed by atoms with Crippen molar-refractivity contribution in [3.63, 3.8) is 0 Å². The number of aryl methyl sites for hydroxylation is 1. The SMILES string of the molecule is CCCCc1ccc(C(NCCC)C2CCCCC2)cc1. The lowest BCUT2D eigenvalue weighted by atomic mass is 9.81. The minimum absolute atomic E-state index is 0.575. The molecule has 118 valence electrons. The number of hydrogen-bond acceptors (Lipinski definition) is 1. The maximum Gasteiger partial charge on any atom is 0.0348 e. The zero-order valence-electron chi connectivity index (χ0n) is 14.0. The highest BCUT2D eigenvalue weighted by Crippen LogP contribution is 2.34. The lowest BCUT2D eigenvalue weighted by Gasteiger charge is -2.31. The molecule has 0 heterocycles. The van der Waals surface area contributed by atoms with Crippen molar-refractivity contribution in [2.24, 2.45) is 5.92 Å². The molecule has 0 aromatic heterocycles. The molecule has 1 aliphatic rings. The van der Waals surface area contributed by atoms with Gasteiger partial charge in [-0.1, -0.05) is 63.8 Å². The average Bonchev–Trinajstić information content (AvgIpc) is 2.55. The Bertz CT molecular complexity index is 375. The summed E-state index contributed by atoms with van der Waals surface area (Å²) < 4.78 is 0. The molecule has 1 aromatic rings. The maximum absolute atomic E-state index is 3.82. The van der Waals surface area contributed by atoms with Crippen molar-refractivity contribution in [3.05, 3.63) is 35.4 Å². The number of unbranched alkanes of at least 4 members (excludes halogenated alkanes) is 1. The van der Waals surface area contributed by atoms with Crippen molar-refractivity contribution in [2.75, 3.05) is 6.54 Å². The zero-order valence-corrected chi connectivity index (χ0v) is 14.0. The Morgan fingerprint density at radius 3 is 2.33 bits per heavy atom. The van der Waals surface area contributed by atoms with Gasteiger partial charge in [0.05, 0.1) is 0 Å². The van der Waals surface area contributed by atoms with Crippen molar-refractivity contribution in [3.8, 4) is 0 Å². The van der Waals surface area contributed by atoms with Crippen molar-refractivity contribution in [1.82, 2.24) is 5.32 Å². The van der Waals surface area contributed by atoms with Crippen LogP contribution in [0.15, 0.2) is 24.3 Å². The van der Waals surface area contributed by atoms with E-state index in [9.17, 15) is 0 Å². The molecule has 1 fully saturated rings.